The van der Waals surface area contributed by atoms with Crippen LogP contribution in [-0.2, 0) is 16.0 Å². The van der Waals surface area contributed by atoms with E-state index < -0.39 is 18.1 Å². The zero-order valence-corrected chi connectivity index (χ0v) is 25.6. The number of rotatable bonds is 10. The summed E-state index contributed by atoms with van der Waals surface area (Å²) in [5.74, 6) is 1.79. The van der Waals surface area contributed by atoms with Gasteiger partial charge in [0.15, 0.2) is 5.75 Å². The third-order valence-corrected chi connectivity index (χ3v) is 7.39. The van der Waals surface area contributed by atoms with Crippen molar-refractivity contribution in [1.82, 2.24) is 0 Å². The Labute approximate surface area is 236 Å². The lowest BCUT2D eigenvalue weighted by Crippen LogP contribution is -2.34. The highest BCUT2D eigenvalue weighted by Gasteiger charge is 2.18. The molecule has 0 saturated heterocycles. The van der Waals surface area contributed by atoms with Gasteiger partial charge in [-0.25, -0.2) is 0 Å². The first-order valence-electron chi connectivity index (χ1n) is 9.54. The van der Waals surface area contributed by atoms with Gasteiger partial charge >= 0.3 is 5.97 Å². The minimum absolute atomic E-state index is 0.258. The second-order valence-corrected chi connectivity index (χ2v) is 11.3. The Kier molecular flexibility index (Phi) is 11.8. The smallest absolute Gasteiger partial charge is 0.323 e. The van der Waals surface area contributed by atoms with E-state index in [9.17, 15) is 9.90 Å². The number of nitrogens with two attached hydrogens (primary N) is 1. The summed E-state index contributed by atoms with van der Waals surface area (Å²) < 4.78 is 20.6. The zero-order valence-electron chi connectivity index (χ0n) is 17.0. The molecule has 0 bridgehead atoms. The third-order valence-electron chi connectivity index (χ3n) is 4.19. The van der Waals surface area contributed by atoms with Crippen molar-refractivity contribution in [3.8, 4) is 17.2 Å². The van der Waals surface area contributed by atoms with Crippen LogP contribution in [0.1, 0.15) is 25.8 Å². The molecule has 0 amide bonds. The Hall–Kier alpha value is 0.350. The summed E-state index contributed by atoms with van der Waals surface area (Å²) in [6.45, 7) is 4.25. The molecule has 0 heterocycles. The van der Waals surface area contributed by atoms with Gasteiger partial charge in [-0.3, -0.25) is 4.79 Å². The molecule has 10 heteroatoms. The van der Waals surface area contributed by atoms with E-state index in [-0.39, 0.29) is 6.61 Å². The topological polar surface area (TPSA) is 91.0 Å². The maximum absolute atomic E-state index is 11.8. The van der Waals surface area contributed by atoms with Crippen molar-refractivity contribution in [2.45, 2.75) is 38.8 Å². The highest BCUT2D eigenvalue weighted by molar-refractivity contribution is 14.1. The number of ether oxygens (including phenoxy) is 3. The van der Waals surface area contributed by atoms with Gasteiger partial charge in [0.05, 0.1) is 27.0 Å². The average Bonchev–Trinajstić information content (AvgIpc) is 2.70. The maximum Gasteiger partial charge on any atom is 0.323 e. The Balaban J connectivity index is 2.18. The van der Waals surface area contributed by atoms with Crippen LogP contribution in [-0.4, -0.2) is 36.4 Å². The molecule has 0 radical (unpaired) electrons. The highest BCUT2D eigenvalue weighted by Crippen LogP contribution is 2.37. The molecule has 31 heavy (non-hydrogen) atoms. The van der Waals surface area contributed by atoms with Gasteiger partial charge in [0, 0.05) is 0 Å². The van der Waals surface area contributed by atoms with Crippen LogP contribution < -0.4 is 15.2 Å². The van der Waals surface area contributed by atoms with E-state index in [0.717, 1.165) is 31.3 Å². The molecule has 0 aromatic heterocycles. The molecular weight excluding hydrogens is 854 g/mol. The molecule has 3 N–H and O–H groups in total. The number of carbonyl (C=O) groups is 1. The van der Waals surface area contributed by atoms with Gasteiger partial charge in [-0.1, -0.05) is 6.92 Å². The molecule has 0 saturated carbocycles. The molecule has 0 fully saturated rings. The van der Waals surface area contributed by atoms with Crippen LogP contribution in [0, 0.1) is 14.3 Å². The van der Waals surface area contributed by atoms with Gasteiger partial charge in [-0.2, -0.15) is 0 Å². The lowest BCUT2D eigenvalue weighted by molar-refractivity contribution is -0.144. The number of aliphatic hydroxyl groups is 1. The molecule has 2 aromatic carbocycles. The monoisotopic (exact) mass is 877 g/mol. The van der Waals surface area contributed by atoms with E-state index >= 15 is 0 Å². The Morgan fingerprint density at radius 2 is 1.55 bits per heavy atom. The summed E-state index contributed by atoms with van der Waals surface area (Å²) in [6.07, 6.45) is 0.559. The normalized spacial score (nSPS) is 12.9. The van der Waals surface area contributed by atoms with Crippen LogP contribution in [0.4, 0.5) is 0 Å². The number of esters is 1. The number of carbonyl (C=O) groups excluding carboxylic acids is 1. The highest BCUT2D eigenvalue weighted by atomic mass is 127. The van der Waals surface area contributed by atoms with Gasteiger partial charge in [-0.05, 0) is 140 Å². The number of hydrogen-bond acceptors (Lipinski definition) is 6. The number of benzene rings is 2. The number of aliphatic hydroxyl groups excluding tert-OH is 1. The van der Waals surface area contributed by atoms with E-state index in [2.05, 4.69) is 90.4 Å². The fraction of sp³-hybridized carbons (Fsp3) is 0.381. The molecule has 6 nitrogen and oxygen atoms in total. The minimum atomic E-state index is -0.694. The molecule has 0 spiro atoms. The zero-order chi connectivity index (χ0) is 23.1. The number of halogens is 4. The molecule has 2 unspecified atom stereocenters. The van der Waals surface area contributed by atoms with Crippen LogP contribution in [0.5, 0.6) is 17.2 Å². The van der Waals surface area contributed by atoms with Crippen LogP contribution >= 0.6 is 90.4 Å². The quantitative estimate of drug-likeness (QED) is 0.243. The van der Waals surface area contributed by atoms with E-state index in [1.54, 1.807) is 6.92 Å². The van der Waals surface area contributed by atoms with E-state index in [4.69, 9.17) is 19.9 Å². The van der Waals surface area contributed by atoms with Crippen LogP contribution in [0.15, 0.2) is 24.3 Å². The second kappa shape index (κ2) is 13.3. The molecule has 170 valence electrons. The third kappa shape index (κ3) is 8.26. The molecule has 2 aromatic rings. The van der Waals surface area contributed by atoms with Crippen LogP contribution in [0.3, 0.4) is 0 Å². The van der Waals surface area contributed by atoms with Gasteiger partial charge in [0.1, 0.15) is 24.1 Å². The van der Waals surface area contributed by atoms with Crippen molar-refractivity contribution in [1.29, 1.82) is 0 Å². The maximum atomic E-state index is 11.8. The van der Waals surface area contributed by atoms with Crippen LogP contribution in [0.25, 0.3) is 0 Å². The van der Waals surface area contributed by atoms with E-state index in [0.29, 0.717) is 25.2 Å². The van der Waals surface area contributed by atoms with E-state index in [1.165, 1.54) is 0 Å². The van der Waals surface area contributed by atoms with E-state index in [1.807, 2.05) is 31.2 Å². The lowest BCUT2D eigenvalue weighted by Gasteiger charge is -2.17. The van der Waals surface area contributed by atoms with Gasteiger partial charge < -0.3 is 25.1 Å². The van der Waals surface area contributed by atoms with Crippen molar-refractivity contribution in [2.24, 2.45) is 5.73 Å². The van der Waals surface area contributed by atoms with Crippen molar-refractivity contribution >= 4 is 96.3 Å². The summed E-state index contributed by atoms with van der Waals surface area (Å²) in [5.41, 5.74) is 6.91. The van der Waals surface area contributed by atoms with Gasteiger partial charge in [-0.15, -0.1) is 0 Å². The summed E-state index contributed by atoms with van der Waals surface area (Å²) in [5, 5.41) is 9.76. The first-order chi connectivity index (χ1) is 14.7. The minimum Gasteiger partial charge on any atom is -0.489 e. The summed E-state index contributed by atoms with van der Waals surface area (Å²) >= 11 is 8.87. The van der Waals surface area contributed by atoms with Crippen molar-refractivity contribution < 1.29 is 24.1 Å². The standard InChI is InChI=1S/C21H23I4NO5/c1-3-12(27)10-30-19-16(24)8-13(9-17(19)25)31-20-14(22)5-11(6-15(20)23)7-18(26)21(28)29-4-2/h5-6,8-9,12,18,27H,3-4,7,10,26H2,1-2H3. The predicted molar refractivity (Wildman–Crippen MR) is 154 cm³/mol. The molecule has 2 atom stereocenters. The largest absolute Gasteiger partial charge is 0.489 e. The SMILES string of the molecule is CCOC(=O)C(N)Cc1cc(I)c(Oc2cc(I)c(OCC(O)CC)c(I)c2)c(I)c1. The summed E-state index contributed by atoms with van der Waals surface area (Å²) in [6, 6.07) is 7.06. The summed E-state index contributed by atoms with van der Waals surface area (Å²) in [7, 11) is 0. The number of hydrogen-bond donors (Lipinski definition) is 2. The lowest BCUT2D eigenvalue weighted by atomic mass is 10.1. The van der Waals surface area contributed by atoms with Crippen molar-refractivity contribution in [2.75, 3.05) is 13.2 Å². The first kappa shape index (κ1) is 27.6. The van der Waals surface area contributed by atoms with Crippen molar-refractivity contribution in [3.63, 3.8) is 0 Å². The second-order valence-electron chi connectivity index (χ2n) is 6.64. The van der Waals surface area contributed by atoms with Crippen molar-refractivity contribution in [3.05, 3.63) is 44.1 Å². The molecule has 0 aliphatic heterocycles. The van der Waals surface area contributed by atoms with Gasteiger partial charge in [0.2, 0.25) is 0 Å². The van der Waals surface area contributed by atoms with Gasteiger partial charge in [0.25, 0.3) is 0 Å². The molecule has 0 aliphatic carbocycles. The Bertz CT molecular complexity index is 879. The molecular formula is C21H23I4NO5. The predicted octanol–water partition coefficient (Wildman–Crippen LogP) is 5.48. The first-order valence-corrected chi connectivity index (χ1v) is 13.9. The fourth-order valence-corrected chi connectivity index (χ4v) is 6.70. The average molecular weight is 877 g/mol. The summed E-state index contributed by atoms with van der Waals surface area (Å²) in [4.78, 5) is 11.8. The Morgan fingerprint density at radius 3 is 2.06 bits per heavy atom. The van der Waals surface area contributed by atoms with Crippen LogP contribution in [0.2, 0.25) is 0 Å². The fourth-order valence-electron chi connectivity index (χ4n) is 2.56. The Morgan fingerprint density at radius 1 is 1.00 bits per heavy atom. The molecule has 2 rings (SSSR count). The molecule has 0 aliphatic rings.